The Labute approximate surface area is 160 Å². The summed E-state index contributed by atoms with van der Waals surface area (Å²) in [6.45, 7) is 6.33. The van der Waals surface area contributed by atoms with Crippen LogP contribution in [-0.4, -0.2) is 39.5 Å². The number of hydrogen-bond donors (Lipinski definition) is 2. The van der Waals surface area contributed by atoms with Crippen LogP contribution in [-0.2, 0) is 9.84 Å². The highest BCUT2D eigenvalue weighted by Gasteiger charge is 2.11. The Balaban J connectivity index is 0.00000484. The number of halogens is 2. The number of benzene rings is 1. The van der Waals surface area contributed by atoms with Gasteiger partial charge in [0.2, 0.25) is 0 Å². The maximum absolute atomic E-state index is 11.2. The van der Waals surface area contributed by atoms with E-state index in [1.807, 2.05) is 31.2 Å². The van der Waals surface area contributed by atoms with Crippen LogP contribution in [0.2, 0.25) is 5.02 Å². The lowest BCUT2D eigenvalue weighted by atomic mass is 10.1. The fourth-order valence-corrected chi connectivity index (χ4v) is 2.48. The molecule has 2 N–H and O–H groups in total. The molecule has 0 saturated carbocycles. The highest BCUT2D eigenvalue weighted by atomic mass is 127. The minimum Gasteiger partial charge on any atom is -0.353 e. The van der Waals surface area contributed by atoms with Crippen LogP contribution in [0.25, 0.3) is 0 Å². The zero-order valence-electron chi connectivity index (χ0n) is 13.3. The Kier molecular flexibility index (Phi) is 10.5. The summed E-state index contributed by atoms with van der Waals surface area (Å²) in [4.78, 5) is 4.27. The van der Waals surface area contributed by atoms with E-state index in [4.69, 9.17) is 11.6 Å². The second kappa shape index (κ2) is 10.9. The summed E-state index contributed by atoms with van der Waals surface area (Å²) in [6.07, 6.45) is 2.90. The van der Waals surface area contributed by atoms with Gasteiger partial charge in [-0.3, -0.25) is 4.99 Å². The van der Waals surface area contributed by atoms with E-state index in [0.717, 1.165) is 5.56 Å². The lowest BCUT2D eigenvalue weighted by Gasteiger charge is -2.19. The fraction of sp³-hybridized carbons (Fsp3) is 0.400. The van der Waals surface area contributed by atoms with Gasteiger partial charge in [-0.1, -0.05) is 35.9 Å². The maximum atomic E-state index is 11.2. The van der Waals surface area contributed by atoms with Crippen molar-refractivity contribution in [1.82, 2.24) is 10.6 Å². The minimum atomic E-state index is -3.03. The number of guanidine groups is 1. The summed E-state index contributed by atoms with van der Waals surface area (Å²) < 4.78 is 22.3. The predicted octanol–water partition coefficient (Wildman–Crippen LogP) is 2.78. The largest absolute Gasteiger partial charge is 0.353 e. The molecule has 0 spiro atoms. The topological polar surface area (TPSA) is 70.6 Å². The zero-order valence-corrected chi connectivity index (χ0v) is 17.2. The van der Waals surface area contributed by atoms with Crippen molar-refractivity contribution in [3.63, 3.8) is 0 Å². The molecular weight excluding hydrogens is 449 g/mol. The molecule has 1 aromatic rings. The van der Waals surface area contributed by atoms with Crippen LogP contribution in [0, 0.1) is 0 Å². The van der Waals surface area contributed by atoms with E-state index >= 15 is 0 Å². The molecule has 0 amide bonds. The summed E-state index contributed by atoms with van der Waals surface area (Å²) in [5.41, 5.74) is 0.945. The van der Waals surface area contributed by atoms with Gasteiger partial charge in [0.25, 0.3) is 0 Å². The number of aliphatic imine (C=N–C) groups is 1. The summed E-state index contributed by atoms with van der Waals surface area (Å²) in [5, 5.41) is 6.93. The minimum absolute atomic E-state index is 0. The van der Waals surface area contributed by atoms with Gasteiger partial charge < -0.3 is 10.6 Å². The van der Waals surface area contributed by atoms with Gasteiger partial charge in [-0.2, -0.15) is 0 Å². The highest BCUT2D eigenvalue weighted by molar-refractivity contribution is 14.0. The molecule has 1 unspecified atom stereocenters. The predicted molar refractivity (Wildman–Crippen MR) is 109 cm³/mol. The van der Waals surface area contributed by atoms with E-state index in [2.05, 4.69) is 22.2 Å². The smallest absolute Gasteiger partial charge is 0.192 e. The van der Waals surface area contributed by atoms with E-state index in [1.54, 1.807) is 6.08 Å². The lowest BCUT2D eigenvalue weighted by Crippen LogP contribution is -2.39. The van der Waals surface area contributed by atoms with Crippen molar-refractivity contribution in [2.75, 3.05) is 25.1 Å². The average molecular weight is 472 g/mol. The van der Waals surface area contributed by atoms with E-state index < -0.39 is 9.84 Å². The summed E-state index contributed by atoms with van der Waals surface area (Å²) >= 11 is 6.18. The lowest BCUT2D eigenvalue weighted by molar-refractivity contribution is 0.601. The molecule has 0 aliphatic carbocycles. The third-order valence-electron chi connectivity index (χ3n) is 2.87. The molecule has 8 heteroatoms. The van der Waals surface area contributed by atoms with Crippen molar-refractivity contribution in [3.8, 4) is 0 Å². The van der Waals surface area contributed by atoms with Crippen LogP contribution in [0.5, 0.6) is 0 Å². The third-order valence-corrected chi connectivity index (χ3v) is 4.14. The molecular formula is C15H23ClIN3O2S. The van der Waals surface area contributed by atoms with Gasteiger partial charge in [-0.25, -0.2) is 8.42 Å². The first-order valence-electron chi connectivity index (χ1n) is 6.91. The van der Waals surface area contributed by atoms with Gasteiger partial charge in [0, 0.05) is 17.8 Å². The molecule has 0 radical (unpaired) electrons. The van der Waals surface area contributed by atoms with Crippen molar-refractivity contribution >= 4 is 51.4 Å². The van der Waals surface area contributed by atoms with Crippen LogP contribution in [0.15, 0.2) is 41.9 Å². The number of nitrogens with zero attached hydrogens (tertiary/aromatic N) is 1. The van der Waals surface area contributed by atoms with Crippen LogP contribution in [0.3, 0.4) is 0 Å². The van der Waals surface area contributed by atoms with Crippen molar-refractivity contribution in [2.24, 2.45) is 4.99 Å². The quantitative estimate of drug-likeness (QED) is 0.278. The summed E-state index contributed by atoms with van der Waals surface area (Å²) in [5.74, 6) is 0.532. The summed E-state index contributed by atoms with van der Waals surface area (Å²) in [6, 6.07) is 7.48. The van der Waals surface area contributed by atoms with Crippen LogP contribution < -0.4 is 10.6 Å². The summed E-state index contributed by atoms with van der Waals surface area (Å²) in [7, 11) is -3.03. The van der Waals surface area contributed by atoms with Gasteiger partial charge >= 0.3 is 0 Å². The van der Waals surface area contributed by atoms with Crippen molar-refractivity contribution in [1.29, 1.82) is 0 Å². The maximum Gasteiger partial charge on any atom is 0.192 e. The van der Waals surface area contributed by atoms with Crippen LogP contribution in [0.4, 0.5) is 0 Å². The number of nitrogens with one attached hydrogen (secondary N) is 2. The molecule has 0 fully saturated rings. The first kappa shape index (κ1) is 22.2. The second-order valence-electron chi connectivity index (χ2n) is 4.92. The molecule has 1 aromatic carbocycles. The van der Waals surface area contributed by atoms with E-state index in [1.165, 1.54) is 6.26 Å². The van der Waals surface area contributed by atoms with Gasteiger partial charge in [-0.05, 0) is 18.6 Å². The van der Waals surface area contributed by atoms with Crippen molar-refractivity contribution in [2.45, 2.75) is 13.0 Å². The zero-order chi connectivity index (χ0) is 16.6. The SMILES string of the molecule is C=CCNC(=NCCS(C)(=O)=O)NC(C)c1ccccc1Cl.I. The van der Waals surface area contributed by atoms with Gasteiger partial charge in [-0.15, -0.1) is 30.6 Å². The molecule has 23 heavy (non-hydrogen) atoms. The molecule has 1 rings (SSSR count). The molecule has 0 heterocycles. The Morgan fingerprint density at radius 2 is 2.09 bits per heavy atom. The van der Waals surface area contributed by atoms with Gasteiger partial charge in [0.1, 0.15) is 9.84 Å². The van der Waals surface area contributed by atoms with Crippen LogP contribution >= 0.6 is 35.6 Å². The standard InChI is InChI=1S/C15H22ClN3O2S.HI/c1-4-9-17-15(18-10-11-22(3,20)21)19-12(2)13-7-5-6-8-14(13)16;/h4-8,12H,1,9-11H2,2-3H3,(H2,17,18,19);1H. The fourth-order valence-electron chi connectivity index (χ4n) is 1.75. The Morgan fingerprint density at radius 3 is 2.65 bits per heavy atom. The second-order valence-corrected chi connectivity index (χ2v) is 7.58. The van der Waals surface area contributed by atoms with E-state index in [9.17, 15) is 8.42 Å². The van der Waals surface area contributed by atoms with Gasteiger partial charge in [0.05, 0.1) is 18.3 Å². The number of rotatable bonds is 7. The highest BCUT2D eigenvalue weighted by Crippen LogP contribution is 2.21. The van der Waals surface area contributed by atoms with Crippen molar-refractivity contribution < 1.29 is 8.42 Å². The Hall–Kier alpha value is -0.800. The number of hydrogen-bond acceptors (Lipinski definition) is 3. The van der Waals surface area contributed by atoms with Crippen molar-refractivity contribution in [3.05, 3.63) is 47.5 Å². The Morgan fingerprint density at radius 1 is 1.43 bits per heavy atom. The van der Waals surface area contributed by atoms with E-state index in [0.29, 0.717) is 17.5 Å². The molecule has 0 aliphatic rings. The molecule has 0 aliphatic heterocycles. The first-order valence-corrected chi connectivity index (χ1v) is 9.35. The molecule has 0 bridgehead atoms. The molecule has 0 aromatic heterocycles. The van der Waals surface area contributed by atoms with E-state index in [-0.39, 0.29) is 42.3 Å². The normalized spacial score (nSPS) is 12.9. The number of sulfone groups is 1. The van der Waals surface area contributed by atoms with Gasteiger partial charge in [0.15, 0.2) is 5.96 Å². The average Bonchev–Trinajstić information content (AvgIpc) is 2.43. The first-order chi connectivity index (χ1) is 10.3. The molecule has 5 nitrogen and oxygen atoms in total. The molecule has 130 valence electrons. The monoisotopic (exact) mass is 471 g/mol. The van der Waals surface area contributed by atoms with Crippen LogP contribution in [0.1, 0.15) is 18.5 Å². The Bertz CT molecular complexity index is 635. The molecule has 0 saturated heterocycles. The molecule has 1 atom stereocenters. The third kappa shape index (κ3) is 9.17.